The maximum atomic E-state index is 12.2. The standard InChI is InChI=1S/C29H49NO5S/c1-3-5-7-9-11-12-13-14-15-16-17-18-19-21-23-25-29(32)30-27(26-36(33,34)35)28(31)24-22-20-10-8-6-4-2/h5,7,11-12,14-15,17-18,21,23,27-28,31H,3-4,6,8-10,13,16,19-20,22,24-26H2,1-2H3,(H,30,32)(H,33,34,35)/b7-5-,12-11-,15-14-,18-17-,23-21-. The van der Waals surface area contributed by atoms with E-state index in [4.69, 9.17) is 0 Å². The fourth-order valence-corrected chi connectivity index (χ4v) is 4.28. The summed E-state index contributed by atoms with van der Waals surface area (Å²) in [4.78, 5) is 12.2. The van der Waals surface area contributed by atoms with Gasteiger partial charge in [0.05, 0.1) is 17.9 Å². The molecular formula is C29H49NO5S. The van der Waals surface area contributed by atoms with Crippen LogP contribution in [0.25, 0.3) is 0 Å². The second-order valence-electron chi connectivity index (χ2n) is 8.96. The molecule has 0 radical (unpaired) electrons. The second kappa shape index (κ2) is 23.4. The van der Waals surface area contributed by atoms with Crippen molar-refractivity contribution < 1.29 is 22.9 Å². The number of carbonyl (C=O) groups excluding carboxylic acids is 1. The highest BCUT2D eigenvalue weighted by atomic mass is 32.2. The Hall–Kier alpha value is -1.96. The summed E-state index contributed by atoms with van der Waals surface area (Å²) in [6.07, 6.45) is 30.8. The van der Waals surface area contributed by atoms with Crippen LogP contribution >= 0.6 is 0 Å². The predicted octanol–water partition coefficient (Wildman–Crippen LogP) is 6.61. The van der Waals surface area contributed by atoms with Gasteiger partial charge in [-0.05, 0) is 38.5 Å². The lowest BCUT2D eigenvalue weighted by Crippen LogP contribution is -2.47. The Kier molecular flexibility index (Phi) is 22.2. The van der Waals surface area contributed by atoms with Crippen LogP contribution < -0.4 is 5.32 Å². The Labute approximate surface area is 220 Å². The molecule has 0 aromatic carbocycles. The molecule has 7 heteroatoms. The summed E-state index contributed by atoms with van der Waals surface area (Å²) < 4.78 is 31.9. The lowest BCUT2D eigenvalue weighted by atomic mass is 10.0. The van der Waals surface area contributed by atoms with Gasteiger partial charge in [0.2, 0.25) is 5.91 Å². The lowest BCUT2D eigenvalue weighted by Gasteiger charge is -2.23. The molecule has 3 N–H and O–H groups in total. The summed E-state index contributed by atoms with van der Waals surface area (Å²) in [6, 6.07) is -1.02. The molecule has 206 valence electrons. The number of hydrogen-bond donors (Lipinski definition) is 3. The van der Waals surface area contributed by atoms with E-state index in [9.17, 15) is 22.9 Å². The first kappa shape index (κ1) is 34.0. The monoisotopic (exact) mass is 523 g/mol. The van der Waals surface area contributed by atoms with Crippen LogP contribution in [0, 0.1) is 0 Å². The van der Waals surface area contributed by atoms with Crippen LogP contribution in [0.2, 0.25) is 0 Å². The zero-order valence-corrected chi connectivity index (χ0v) is 23.2. The quantitative estimate of drug-likeness (QED) is 0.0841. The van der Waals surface area contributed by atoms with Gasteiger partial charge in [-0.3, -0.25) is 9.35 Å². The van der Waals surface area contributed by atoms with Crippen molar-refractivity contribution in [1.29, 1.82) is 0 Å². The molecule has 2 atom stereocenters. The maximum Gasteiger partial charge on any atom is 0.266 e. The van der Waals surface area contributed by atoms with E-state index in [1.807, 2.05) is 12.2 Å². The van der Waals surface area contributed by atoms with Crippen LogP contribution in [0.15, 0.2) is 60.8 Å². The second-order valence-corrected chi connectivity index (χ2v) is 10.5. The van der Waals surface area contributed by atoms with E-state index in [0.29, 0.717) is 12.8 Å². The first-order chi connectivity index (χ1) is 17.3. The number of hydrogen-bond acceptors (Lipinski definition) is 4. The summed E-state index contributed by atoms with van der Waals surface area (Å²) in [5.41, 5.74) is 0. The minimum Gasteiger partial charge on any atom is -0.391 e. The van der Waals surface area contributed by atoms with Gasteiger partial charge in [0.15, 0.2) is 0 Å². The van der Waals surface area contributed by atoms with Crippen molar-refractivity contribution in [2.45, 2.75) is 109 Å². The minimum atomic E-state index is -4.32. The van der Waals surface area contributed by atoms with Crippen molar-refractivity contribution in [3.05, 3.63) is 60.8 Å². The van der Waals surface area contributed by atoms with Crippen LogP contribution in [0.1, 0.15) is 97.3 Å². The molecule has 0 aromatic heterocycles. The molecule has 0 aliphatic carbocycles. The molecular weight excluding hydrogens is 474 g/mol. The van der Waals surface area contributed by atoms with Crippen LogP contribution in [-0.4, -0.2) is 41.9 Å². The number of amides is 1. The summed E-state index contributed by atoms with van der Waals surface area (Å²) >= 11 is 0. The average Bonchev–Trinajstić information content (AvgIpc) is 2.82. The molecule has 1 amide bonds. The van der Waals surface area contributed by atoms with Crippen molar-refractivity contribution in [2.75, 3.05) is 5.75 Å². The van der Waals surface area contributed by atoms with Gasteiger partial charge in [0.25, 0.3) is 10.1 Å². The number of aliphatic hydroxyl groups is 1. The third kappa shape index (κ3) is 23.8. The van der Waals surface area contributed by atoms with Crippen molar-refractivity contribution in [1.82, 2.24) is 5.32 Å². The fourth-order valence-electron chi connectivity index (χ4n) is 3.52. The van der Waals surface area contributed by atoms with E-state index in [-0.39, 0.29) is 12.3 Å². The highest BCUT2D eigenvalue weighted by molar-refractivity contribution is 7.85. The Bertz CT molecular complexity index is 796. The predicted molar refractivity (Wildman–Crippen MR) is 151 cm³/mol. The molecule has 0 aliphatic rings. The Balaban J connectivity index is 4.26. The summed E-state index contributed by atoms with van der Waals surface area (Å²) in [5, 5.41) is 13.0. The smallest absolute Gasteiger partial charge is 0.266 e. The van der Waals surface area contributed by atoms with Crippen LogP contribution in [0.4, 0.5) is 0 Å². The number of aliphatic hydroxyl groups excluding tert-OH is 1. The van der Waals surface area contributed by atoms with E-state index in [2.05, 4.69) is 61.7 Å². The number of carbonyl (C=O) groups is 1. The molecule has 0 bridgehead atoms. The zero-order chi connectivity index (χ0) is 26.9. The van der Waals surface area contributed by atoms with Crippen LogP contribution in [0.5, 0.6) is 0 Å². The molecule has 0 rings (SSSR count). The normalized spacial score (nSPS) is 14.7. The Morgan fingerprint density at radius 1 is 0.750 bits per heavy atom. The zero-order valence-electron chi connectivity index (χ0n) is 22.4. The Morgan fingerprint density at radius 3 is 1.72 bits per heavy atom. The number of unbranched alkanes of at least 4 members (excludes halogenated alkanes) is 5. The largest absolute Gasteiger partial charge is 0.391 e. The molecule has 0 saturated carbocycles. The Morgan fingerprint density at radius 2 is 1.22 bits per heavy atom. The molecule has 0 saturated heterocycles. The number of allylic oxidation sites excluding steroid dienone is 9. The molecule has 0 spiro atoms. The van der Waals surface area contributed by atoms with E-state index < -0.39 is 28.0 Å². The summed E-state index contributed by atoms with van der Waals surface area (Å²) in [6.45, 7) is 4.27. The van der Waals surface area contributed by atoms with Gasteiger partial charge in [0, 0.05) is 6.42 Å². The van der Waals surface area contributed by atoms with E-state index in [1.165, 1.54) is 6.42 Å². The van der Waals surface area contributed by atoms with Crippen molar-refractivity contribution in [3.63, 3.8) is 0 Å². The van der Waals surface area contributed by atoms with E-state index in [0.717, 1.165) is 57.8 Å². The first-order valence-corrected chi connectivity index (χ1v) is 15.1. The summed E-state index contributed by atoms with van der Waals surface area (Å²) in [7, 11) is -4.32. The van der Waals surface area contributed by atoms with Gasteiger partial charge in [-0.1, -0.05) is 113 Å². The van der Waals surface area contributed by atoms with E-state index >= 15 is 0 Å². The summed E-state index contributed by atoms with van der Waals surface area (Å²) in [5.74, 6) is -1.08. The molecule has 36 heavy (non-hydrogen) atoms. The van der Waals surface area contributed by atoms with Gasteiger partial charge < -0.3 is 10.4 Å². The third-order valence-corrected chi connectivity index (χ3v) is 6.30. The van der Waals surface area contributed by atoms with Crippen LogP contribution in [0.3, 0.4) is 0 Å². The molecule has 0 aliphatic heterocycles. The highest BCUT2D eigenvalue weighted by Gasteiger charge is 2.25. The number of nitrogens with one attached hydrogen (secondary N) is 1. The van der Waals surface area contributed by atoms with Gasteiger partial charge in [0.1, 0.15) is 0 Å². The third-order valence-electron chi connectivity index (χ3n) is 5.52. The SMILES string of the molecule is CC/C=C\C/C=C\C/C=C\C/C=C\C/C=C\CC(=O)NC(CS(=O)(=O)O)C(O)CCCCCCCC. The van der Waals surface area contributed by atoms with E-state index in [1.54, 1.807) is 6.08 Å². The fraction of sp³-hybridized carbons (Fsp3) is 0.621. The molecule has 0 fully saturated rings. The molecule has 0 heterocycles. The van der Waals surface area contributed by atoms with Crippen LogP contribution in [-0.2, 0) is 14.9 Å². The van der Waals surface area contributed by atoms with Gasteiger partial charge in [-0.15, -0.1) is 0 Å². The maximum absolute atomic E-state index is 12.2. The average molecular weight is 524 g/mol. The topological polar surface area (TPSA) is 104 Å². The molecule has 6 nitrogen and oxygen atoms in total. The molecule has 2 unspecified atom stereocenters. The minimum absolute atomic E-state index is 0.0826. The number of rotatable bonds is 22. The van der Waals surface area contributed by atoms with Crippen molar-refractivity contribution in [3.8, 4) is 0 Å². The lowest BCUT2D eigenvalue weighted by molar-refractivity contribution is -0.121. The molecule has 0 aromatic rings. The van der Waals surface area contributed by atoms with Crippen molar-refractivity contribution >= 4 is 16.0 Å². The highest BCUT2D eigenvalue weighted by Crippen LogP contribution is 2.12. The first-order valence-electron chi connectivity index (χ1n) is 13.5. The van der Waals surface area contributed by atoms with Gasteiger partial charge in [-0.25, -0.2) is 0 Å². The van der Waals surface area contributed by atoms with Crippen molar-refractivity contribution in [2.24, 2.45) is 0 Å². The van der Waals surface area contributed by atoms with Gasteiger partial charge in [-0.2, -0.15) is 8.42 Å². The van der Waals surface area contributed by atoms with Gasteiger partial charge >= 0.3 is 0 Å².